The molecule has 0 bridgehead atoms. The van der Waals surface area contributed by atoms with Crippen molar-refractivity contribution < 1.29 is 4.74 Å². The Bertz CT molecular complexity index is 609. The molecule has 3 nitrogen and oxygen atoms in total. The summed E-state index contributed by atoms with van der Waals surface area (Å²) in [6.07, 6.45) is 3.23. The highest BCUT2D eigenvalue weighted by atomic mass is 32.1. The molecule has 0 spiro atoms. The van der Waals surface area contributed by atoms with Crippen molar-refractivity contribution in [3.8, 4) is 5.75 Å². The predicted octanol–water partition coefficient (Wildman–Crippen LogP) is 3.81. The summed E-state index contributed by atoms with van der Waals surface area (Å²) < 4.78 is 5.93. The molecule has 0 saturated heterocycles. The second kappa shape index (κ2) is 6.58. The smallest absolute Gasteiger partial charge is 0.126 e. The second-order valence-corrected chi connectivity index (χ2v) is 6.57. The number of nitrogens with one attached hydrogen (secondary N) is 1. The molecular weight excluding hydrogens is 280 g/mol. The van der Waals surface area contributed by atoms with E-state index in [2.05, 4.69) is 47.7 Å². The van der Waals surface area contributed by atoms with Crippen molar-refractivity contribution in [1.29, 1.82) is 0 Å². The van der Waals surface area contributed by atoms with Crippen molar-refractivity contribution in [1.82, 2.24) is 10.3 Å². The van der Waals surface area contributed by atoms with Crippen LogP contribution in [-0.2, 0) is 6.42 Å². The van der Waals surface area contributed by atoms with E-state index in [9.17, 15) is 0 Å². The molecule has 1 atom stereocenters. The molecule has 0 amide bonds. The number of hydrogen-bond donors (Lipinski definition) is 1. The van der Waals surface area contributed by atoms with Crippen molar-refractivity contribution in [2.24, 2.45) is 0 Å². The van der Waals surface area contributed by atoms with Crippen molar-refractivity contribution in [2.45, 2.75) is 39.2 Å². The standard InChI is InChI=1S/C17H22N2OS/c1-12-5-3-6-14-15(7-4-10-20-17(12)14)18-9-8-16-19-13(2)11-21-16/h3,5-6,11,15,18H,4,7-10H2,1-2H3. The van der Waals surface area contributed by atoms with E-state index in [0.717, 1.165) is 43.9 Å². The van der Waals surface area contributed by atoms with Crippen LogP contribution in [0.5, 0.6) is 5.75 Å². The van der Waals surface area contributed by atoms with Gasteiger partial charge in [0.05, 0.1) is 11.6 Å². The lowest BCUT2D eigenvalue weighted by Gasteiger charge is -2.19. The van der Waals surface area contributed by atoms with Gasteiger partial charge in [-0.3, -0.25) is 0 Å². The Balaban J connectivity index is 1.66. The van der Waals surface area contributed by atoms with Crippen LogP contribution >= 0.6 is 11.3 Å². The van der Waals surface area contributed by atoms with Crippen LogP contribution in [0.2, 0.25) is 0 Å². The number of thiazole rings is 1. The average Bonchev–Trinajstić information content (AvgIpc) is 2.77. The van der Waals surface area contributed by atoms with Crippen LogP contribution in [0.3, 0.4) is 0 Å². The molecule has 0 aliphatic carbocycles. The maximum absolute atomic E-state index is 5.93. The summed E-state index contributed by atoms with van der Waals surface area (Å²) in [4.78, 5) is 4.52. The van der Waals surface area contributed by atoms with E-state index >= 15 is 0 Å². The van der Waals surface area contributed by atoms with E-state index in [1.54, 1.807) is 11.3 Å². The van der Waals surface area contributed by atoms with Gasteiger partial charge in [0.25, 0.3) is 0 Å². The molecule has 0 fully saturated rings. The van der Waals surface area contributed by atoms with Gasteiger partial charge in [-0.2, -0.15) is 0 Å². The van der Waals surface area contributed by atoms with Crippen molar-refractivity contribution >= 4 is 11.3 Å². The molecule has 3 rings (SSSR count). The molecule has 21 heavy (non-hydrogen) atoms. The summed E-state index contributed by atoms with van der Waals surface area (Å²) >= 11 is 1.75. The monoisotopic (exact) mass is 302 g/mol. The van der Waals surface area contributed by atoms with Gasteiger partial charge >= 0.3 is 0 Å². The minimum atomic E-state index is 0.392. The third-order valence-corrected chi connectivity index (χ3v) is 4.92. The number of nitrogens with zero attached hydrogens (tertiary/aromatic N) is 1. The first-order valence-electron chi connectivity index (χ1n) is 7.61. The van der Waals surface area contributed by atoms with E-state index in [-0.39, 0.29) is 0 Å². The van der Waals surface area contributed by atoms with Crippen LogP contribution in [-0.4, -0.2) is 18.1 Å². The number of aromatic nitrogens is 1. The number of para-hydroxylation sites is 1. The predicted molar refractivity (Wildman–Crippen MR) is 87.2 cm³/mol. The number of ether oxygens (including phenoxy) is 1. The molecule has 0 radical (unpaired) electrons. The maximum atomic E-state index is 5.93. The van der Waals surface area contributed by atoms with E-state index in [0.29, 0.717) is 6.04 Å². The van der Waals surface area contributed by atoms with E-state index in [1.807, 2.05) is 0 Å². The van der Waals surface area contributed by atoms with Gasteiger partial charge in [-0.1, -0.05) is 18.2 Å². The summed E-state index contributed by atoms with van der Waals surface area (Å²) in [5.41, 5.74) is 3.67. The largest absolute Gasteiger partial charge is 0.493 e. The van der Waals surface area contributed by atoms with Crippen LogP contribution in [0.15, 0.2) is 23.6 Å². The van der Waals surface area contributed by atoms with E-state index in [4.69, 9.17) is 4.74 Å². The molecule has 1 aliphatic heterocycles. The zero-order chi connectivity index (χ0) is 14.7. The number of rotatable bonds is 4. The first-order chi connectivity index (χ1) is 10.2. The molecule has 2 heterocycles. The average molecular weight is 302 g/mol. The Kier molecular flexibility index (Phi) is 4.56. The lowest BCUT2D eigenvalue weighted by atomic mass is 10.00. The van der Waals surface area contributed by atoms with Gasteiger partial charge in [0, 0.05) is 35.6 Å². The number of fused-ring (bicyclic) bond motifs is 1. The Morgan fingerprint density at radius 1 is 1.38 bits per heavy atom. The summed E-state index contributed by atoms with van der Waals surface area (Å²) in [7, 11) is 0. The van der Waals surface area contributed by atoms with Crippen LogP contribution < -0.4 is 10.1 Å². The van der Waals surface area contributed by atoms with E-state index in [1.165, 1.54) is 16.1 Å². The number of benzene rings is 1. The normalized spacial score (nSPS) is 17.9. The quantitative estimate of drug-likeness (QED) is 0.932. The minimum absolute atomic E-state index is 0.392. The molecule has 1 aromatic heterocycles. The van der Waals surface area contributed by atoms with Gasteiger partial charge in [-0.15, -0.1) is 11.3 Å². The molecule has 1 aromatic carbocycles. The summed E-state index contributed by atoms with van der Waals surface area (Å²) in [5.74, 6) is 1.08. The minimum Gasteiger partial charge on any atom is -0.493 e. The molecule has 1 N–H and O–H groups in total. The Hall–Kier alpha value is -1.39. The lowest BCUT2D eigenvalue weighted by molar-refractivity contribution is 0.313. The molecule has 2 aromatic rings. The van der Waals surface area contributed by atoms with Crippen LogP contribution in [0.25, 0.3) is 0 Å². The fourth-order valence-corrected chi connectivity index (χ4v) is 3.62. The first kappa shape index (κ1) is 14.5. The Labute approximate surface area is 130 Å². The van der Waals surface area contributed by atoms with Gasteiger partial charge in [-0.25, -0.2) is 4.98 Å². The zero-order valence-electron chi connectivity index (χ0n) is 12.7. The fourth-order valence-electron chi connectivity index (χ4n) is 2.85. The molecule has 0 saturated carbocycles. The molecule has 1 aliphatic rings. The van der Waals surface area contributed by atoms with Crippen LogP contribution in [0, 0.1) is 13.8 Å². The molecular formula is C17H22N2OS. The van der Waals surface area contributed by atoms with Crippen molar-refractivity contribution in [2.75, 3.05) is 13.2 Å². The number of aryl methyl sites for hydroxylation is 2. The molecule has 4 heteroatoms. The van der Waals surface area contributed by atoms with Gasteiger partial charge in [0.15, 0.2) is 0 Å². The summed E-state index contributed by atoms with van der Waals surface area (Å²) in [6.45, 7) is 5.96. The second-order valence-electron chi connectivity index (χ2n) is 5.62. The van der Waals surface area contributed by atoms with Gasteiger partial charge in [-0.05, 0) is 32.3 Å². The summed E-state index contributed by atoms with van der Waals surface area (Å²) in [5, 5.41) is 7.02. The van der Waals surface area contributed by atoms with E-state index < -0.39 is 0 Å². The maximum Gasteiger partial charge on any atom is 0.126 e. The number of hydrogen-bond acceptors (Lipinski definition) is 4. The van der Waals surface area contributed by atoms with Crippen molar-refractivity contribution in [3.63, 3.8) is 0 Å². The van der Waals surface area contributed by atoms with Gasteiger partial charge in [0.2, 0.25) is 0 Å². The lowest BCUT2D eigenvalue weighted by Crippen LogP contribution is -2.23. The first-order valence-corrected chi connectivity index (χ1v) is 8.48. The molecule has 112 valence electrons. The van der Waals surface area contributed by atoms with Gasteiger partial charge in [0.1, 0.15) is 5.75 Å². The SMILES string of the molecule is Cc1csc(CCNC2CCCOc3c(C)cccc32)n1. The van der Waals surface area contributed by atoms with Crippen molar-refractivity contribution in [3.05, 3.63) is 45.4 Å². The molecule has 1 unspecified atom stereocenters. The van der Waals surface area contributed by atoms with Crippen LogP contribution in [0.1, 0.15) is 40.7 Å². The Morgan fingerprint density at radius 2 is 2.29 bits per heavy atom. The topological polar surface area (TPSA) is 34.1 Å². The highest BCUT2D eigenvalue weighted by Crippen LogP contribution is 2.33. The fraction of sp³-hybridized carbons (Fsp3) is 0.471. The third kappa shape index (κ3) is 3.44. The summed E-state index contributed by atoms with van der Waals surface area (Å²) in [6, 6.07) is 6.84. The highest BCUT2D eigenvalue weighted by Gasteiger charge is 2.20. The van der Waals surface area contributed by atoms with Gasteiger partial charge < -0.3 is 10.1 Å². The van der Waals surface area contributed by atoms with Crippen LogP contribution in [0.4, 0.5) is 0 Å². The Morgan fingerprint density at radius 3 is 3.10 bits per heavy atom. The third-order valence-electron chi connectivity index (χ3n) is 3.90. The highest BCUT2D eigenvalue weighted by molar-refractivity contribution is 7.09. The zero-order valence-corrected chi connectivity index (χ0v) is 13.5.